The highest BCUT2D eigenvalue weighted by Gasteiger charge is 2.28. The van der Waals surface area contributed by atoms with E-state index in [1.165, 1.54) is 24.3 Å². The molecule has 1 aromatic rings. The Kier molecular flexibility index (Phi) is 4.08. The summed E-state index contributed by atoms with van der Waals surface area (Å²) in [4.78, 5) is 22.7. The van der Waals surface area contributed by atoms with Gasteiger partial charge in [-0.15, -0.1) is 0 Å². The monoisotopic (exact) mass is 297 g/mol. The Hall–Kier alpha value is -1.89. The highest BCUT2D eigenvalue weighted by atomic mass is 32.2. The zero-order valence-corrected chi connectivity index (χ0v) is 11.5. The van der Waals surface area contributed by atoms with Crippen molar-refractivity contribution in [3.63, 3.8) is 0 Å². The maximum absolute atomic E-state index is 12.0. The minimum Gasteiger partial charge on any atom is -0.478 e. The molecule has 0 radical (unpaired) electrons. The van der Waals surface area contributed by atoms with Crippen LogP contribution in [0.1, 0.15) is 23.2 Å². The zero-order chi connectivity index (χ0) is 14.8. The molecule has 1 heterocycles. The molecule has 1 fully saturated rings. The number of sulfone groups is 1. The quantitative estimate of drug-likeness (QED) is 0.871. The first-order chi connectivity index (χ1) is 9.37. The number of carboxylic acid groups (broad SMARTS) is 1. The van der Waals surface area contributed by atoms with E-state index in [0.29, 0.717) is 18.5 Å². The van der Waals surface area contributed by atoms with Crippen LogP contribution in [0.4, 0.5) is 5.69 Å². The Morgan fingerprint density at radius 2 is 1.65 bits per heavy atom. The van der Waals surface area contributed by atoms with Crippen molar-refractivity contribution < 1.29 is 23.1 Å². The topological polar surface area (TPSA) is 101 Å². The molecule has 0 unspecified atom stereocenters. The van der Waals surface area contributed by atoms with E-state index in [-0.39, 0.29) is 28.9 Å². The largest absolute Gasteiger partial charge is 0.478 e. The van der Waals surface area contributed by atoms with Gasteiger partial charge in [0.15, 0.2) is 0 Å². The van der Waals surface area contributed by atoms with E-state index < -0.39 is 15.8 Å². The Labute approximate surface area is 116 Å². The van der Waals surface area contributed by atoms with Gasteiger partial charge in [-0.2, -0.15) is 0 Å². The third-order valence-corrected chi connectivity index (χ3v) is 5.04. The van der Waals surface area contributed by atoms with Crippen molar-refractivity contribution in [1.29, 1.82) is 0 Å². The molecule has 0 aromatic heterocycles. The first-order valence-corrected chi connectivity index (χ1v) is 8.04. The van der Waals surface area contributed by atoms with Gasteiger partial charge in [0.2, 0.25) is 5.91 Å². The Morgan fingerprint density at radius 3 is 2.15 bits per heavy atom. The molecule has 108 valence electrons. The highest BCUT2D eigenvalue weighted by Crippen LogP contribution is 2.21. The number of aromatic carboxylic acids is 1. The number of carbonyl (C=O) groups is 2. The molecule has 2 N–H and O–H groups in total. The van der Waals surface area contributed by atoms with Gasteiger partial charge < -0.3 is 10.4 Å². The number of nitrogens with one attached hydrogen (secondary N) is 1. The number of hydrogen-bond donors (Lipinski definition) is 2. The maximum Gasteiger partial charge on any atom is 0.335 e. The minimum absolute atomic E-state index is 0.0447. The molecule has 0 spiro atoms. The summed E-state index contributed by atoms with van der Waals surface area (Å²) in [7, 11) is -2.98. The van der Waals surface area contributed by atoms with E-state index in [0.717, 1.165) is 0 Å². The average molecular weight is 297 g/mol. The van der Waals surface area contributed by atoms with Gasteiger partial charge in [-0.3, -0.25) is 4.79 Å². The molecule has 2 rings (SSSR count). The van der Waals surface area contributed by atoms with Gasteiger partial charge in [0.25, 0.3) is 0 Å². The predicted molar refractivity (Wildman–Crippen MR) is 73.4 cm³/mol. The fourth-order valence-corrected chi connectivity index (χ4v) is 3.58. The predicted octanol–water partition coefficient (Wildman–Crippen LogP) is 1.15. The van der Waals surface area contributed by atoms with Crippen LogP contribution in [0.5, 0.6) is 0 Å². The lowest BCUT2D eigenvalue weighted by Gasteiger charge is -2.21. The van der Waals surface area contributed by atoms with Crippen LogP contribution in [0.15, 0.2) is 24.3 Å². The molecule has 1 aliphatic rings. The summed E-state index contributed by atoms with van der Waals surface area (Å²) in [5.41, 5.74) is 0.653. The van der Waals surface area contributed by atoms with Crippen LogP contribution in [-0.4, -0.2) is 36.9 Å². The number of anilines is 1. The minimum atomic E-state index is -2.98. The van der Waals surface area contributed by atoms with E-state index in [1.54, 1.807) is 0 Å². The van der Waals surface area contributed by atoms with Crippen molar-refractivity contribution in [1.82, 2.24) is 0 Å². The normalized spacial score (nSPS) is 18.4. The van der Waals surface area contributed by atoms with Crippen LogP contribution in [0.2, 0.25) is 0 Å². The lowest BCUT2D eigenvalue weighted by molar-refractivity contribution is -0.120. The molecule has 1 amide bonds. The lowest BCUT2D eigenvalue weighted by atomic mass is 10.0. The third kappa shape index (κ3) is 3.57. The van der Waals surface area contributed by atoms with Crippen LogP contribution >= 0.6 is 0 Å². The first kappa shape index (κ1) is 14.5. The number of carboxylic acids is 1. The summed E-state index contributed by atoms with van der Waals surface area (Å²) in [5, 5.41) is 11.4. The number of hydrogen-bond acceptors (Lipinski definition) is 4. The number of benzene rings is 1. The van der Waals surface area contributed by atoms with Gasteiger partial charge in [0.05, 0.1) is 17.1 Å². The number of carbonyl (C=O) groups excluding carboxylic acids is 1. The van der Waals surface area contributed by atoms with Crippen molar-refractivity contribution in [2.75, 3.05) is 16.8 Å². The SMILES string of the molecule is O=C(O)c1ccc(NC(=O)C2CCS(=O)(=O)CC2)cc1. The molecule has 7 heteroatoms. The summed E-state index contributed by atoms with van der Waals surface area (Å²) in [5.74, 6) is -1.47. The van der Waals surface area contributed by atoms with Gasteiger partial charge in [-0.1, -0.05) is 0 Å². The van der Waals surface area contributed by atoms with Gasteiger partial charge in [-0.25, -0.2) is 13.2 Å². The fraction of sp³-hybridized carbons (Fsp3) is 0.385. The standard InChI is InChI=1S/C13H15NO5S/c15-12(9-5-7-20(18,19)8-6-9)14-11-3-1-10(2-4-11)13(16)17/h1-4,9H,5-8H2,(H,14,15)(H,16,17). The molecule has 1 saturated heterocycles. The molecule has 1 aliphatic heterocycles. The summed E-state index contributed by atoms with van der Waals surface area (Å²) >= 11 is 0. The molecule has 6 nitrogen and oxygen atoms in total. The van der Waals surface area contributed by atoms with Gasteiger partial charge in [0, 0.05) is 11.6 Å². The van der Waals surface area contributed by atoms with E-state index in [2.05, 4.69) is 5.32 Å². The highest BCUT2D eigenvalue weighted by molar-refractivity contribution is 7.91. The summed E-state index contributed by atoms with van der Waals surface area (Å²) in [6.07, 6.45) is 0.669. The van der Waals surface area contributed by atoms with E-state index in [1.807, 2.05) is 0 Å². The van der Waals surface area contributed by atoms with Crippen molar-refractivity contribution in [2.24, 2.45) is 5.92 Å². The second-order valence-electron chi connectivity index (χ2n) is 4.80. The molecule has 0 atom stereocenters. The van der Waals surface area contributed by atoms with Gasteiger partial charge in [-0.05, 0) is 37.1 Å². The van der Waals surface area contributed by atoms with Crippen LogP contribution in [0, 0.1) is 5.92 Å². The molecular formula is C13H15NO5S. The zero-order valence-electron chi connectivity index (χ0n) is 10.7. The molecule has 0 aliphatic carbocycles. The Balaban J connectivity index is 1.96. The van der Waals surface area contributed by atoms with E-state index >= 15 is 0 Å². The van der Waals surface area contributed by atoms with Crippen molar-refractivity contribution in [3.8, 4) is 0 Å². The van der Waals surface area contributed by atoms with Crippen LogP contribution in [-0.2, 0) is 14.6 Å². The average Bonchev–Trinajstić information content (AvgIpc) is 2.39. The summed E-state index contributed by atoms with van der Waals surface area (Å²) in [6, 6.07) is 5.84. The van der Waals surface area contributed by atoms with Crippen molar-refractivity contribution >= 4 is 27.4 Å². The maximum atomic E-state index is 12.0. The second kappa shape index (κ2) is 5.62. The molecule has 1 aromatic carbocycles. The van der Waals surface area contributed by atoms with E-state index in [4.69, 9.17) is 5.11 Å². The van der Waals surface area contributed by atoms with Gasteiger partial charge >= 0.3 is 5.97 Å². The van der Waals surface area contributed by atoms with Crippen molar-refractivity contribution in [3.05, 3.63) is 29.8 Å². The molecule has 0 saturated carbocycles. The van der Waals surface area contributed by atoms with Crippen LogP contribution in [0.3, 0.4) is 0 Å². The summed E-state index contributed by atoms with van der Waals surface area (Å²) < 4.78 is 22.6. The third-order valence-electron chi connectivity index (χ3n) is 3.32. The molecule has 0 bridgehead atoms. The molecule has 20 heavy (non-hydrogen) atoms. The Bertz CT molecular complexity index is 607. The Morgan fingerprint density at radius 1 is 1.10 bits per heavy atom. The van der Waals surface area contributed by atoms with Crippen molar-refractivity contribution in [2.45, 2.75) is 12.8 Å². The fourth-order valence-electron chi connectivity index (χ4n) is 2.09. The van der Waals surface area contributed by atoms with Crippen LogP contribution in [0.25, 0.3) is 0 Å². The number of amides is 1. The first-order valence-electron chi connectivity index (χ1n) is 6.22. The van der Waals surface area contributed by atoms with E-state index in [9.17, 15) is 18.0 Å². The second-order valence-corrected chi connectivity index (χ2v) is 7.10. The van der Waals surface area contributed by atoms with Gasteiger partial charge in [0.1, 0.15) is 9.84 Å². The summed E-state index contributed by atoms with van der Waals surface area (Å²) in [6.45, 7) is 0. The number of rotatable bonds is 3. The smallest absolute Gasteiger partial charge is 0.335 e. The molecular weight excluding hydrogens is 282 g/mol. The van der Waals surface area contributed by atoms with Crippen LogP contribution < -0.4 is 5.32 Å². The lowest BCUT2D eigenvalue weighted by Crippen LogP contribution is -2.31.